The average molecular weight is 286 g/mol. The van der Waals surface area contributed by atoms with Crippen LogP contribution in [0.5, 0.6) is 0 Å². The zero-order valence-electron chi connectivity index (χ0n) is 14.0. The molecule has 0 aromatic rings. The monoisotopic (exact) mass is 286 g/mol. The van der Waals surface area contributed by atoms with Crippen molar-refractivity contribution in [2.45, 2.75) is 33.1 Å². The first-order valence-electron chi connectivity index (χ1n) is 7.79. The Labute approximate surface area is 125 Å². The van der Waals surface area contributed by atoms with Gasteiger partial charge >= 0.3 is 0 Å². The fourth-order valence-corrected chi connectivity index (χ4v) is 1.99. The number of guanidine groups is 1. The van der Waals surface area contributed by atoms with Crippen molar-refractivity contribution in [1.29, 1.82) is 0 Å². The van der Waals surface area contributed by atoms with E-state index in [1.807, 2.05) is 7.05 Å². The predicted octanol–water partition coefficient (Wildman–Crippen LogP) is 1.56. The number of nitrogens with zero attached hydrogens (tertiary/aromatic N) is 2. The maximum atomic E-state index is 5.06. The Hall–Kier alpha value is -0.810. The SMILES string of the molecule is CCC(CC)CNC(=NC)NCCN(C)CCCOC. The molecule has 0 spiro atoms. The molecule has 0 heterocycles. The highest BCUT2D eigenvalue weighted by Crippen LogP contribution is 2.04. The van der Waals surface area contributed by atoms with Crippen LogP contribution in [0.25, 0.3) is 0 Å². The third kappa shape index (κ3) is 10.0. The van der Waals surface area contributed by atoms with Crippen molar-refractivity contribution in [3.63, 3.8) is 0 Å². The lowest BCUT2D eigenvalue weighted by Crippen LogP contribution is -2.42. The predicted molar refractivity (Wildman–Crippen MR) is 87.4 cm³/mol. The molecule has 0 amide bonds. The number of rotatable bonds is 11. The van der Waals surface area contributed by atoms with Crippen LogP contribution in [-0.4, -0.2) is 64.9 Å². The van der Waals surface area contributed by atoms with Gasteiger partial charge in [-0.25, -0.2) is 0 Å². The summed E-state index contributed by atoms with van der Waals surface area (Å²) >= 11 is 0. The summed E-state index contributed by atoms with van der Waals surface area (Å²) in [7, 11) is 5.71. The van der Waals surface area contributed by atoms with Crippen LogP contribution in [0.2, 0.25) is 0 Å². The summed E-state index contributed by atoms with van der Waals surface area (Å²) < 4.78 is 5.06. The lowest BCUT2D eigenvalue weighted by Gasteiger charge is -2.19. The van der Waals surface area contributed by atoms with Gasteiger partial charge in [-0.1, -0.05) is 26.7 Å². The van der Waals surface area contributed by atoms with Crippen molar-refractivity contribution in [3.8, 4) is 0 Å². The fourth-order valence-electron chi connectivity index (χ4n) is 1.99. The van der Waals surface area contributed by atoms with E-state index < -0.39 is 0 Å². The molecular formula is C15H34N4O. The number of likely N-dealkylation sites (N-methyl/N-ethyl adjacent to an activating group) is 1. The van der Waals surface area contributed by atoms with Crippen LogP contribution in [0.3, 0.4) is 0 Å². The molecule has 0 aromatic heterocycles. The fraction of sp³-hybridized carbons (Fsp3) is 0.933. The van der Waals surface area contributed by atoms with Gasteiger partial charge in [0.25, 0.3) is 0 Å². The van der Waals surface area contributed by atoms with Crippen LogP contribution in [0, 0.1) is 5.92 Å². The molecule has 0 bridgehead atoms. The average Bonchev–Trinajstić information content (AvgIpc) is 2.46. The summed E-state index contributed by atoms with van der Waals surface area (Å²) in [4.78, 5) is 6.56. The van der Waals surface area contributed by atoms with Gasteiger partial charge in [-0.3, -0.25) is 4.99 Å². The van der Waals surface area contributed by atoms with Crippen LogP contribution in [0.15, 0.2) is 4.99 Å². The highest BCUT2D eigenvalue weighted by atomic mass is 16.5. The smallest absolute Gasteiger partial charge is 0.191 e. The van der Waals surface area contributed by atoms with E-state index >= 15 is 0 Å². The Morgan fingerprint density at radius 3 is 2.45 bits per heavy atom. The van der Waals surface area contributed by atoms with Crippen LogP contribution in [-0.2, 0) is 4.74 Å². The molecule has 0 atom stereocenters. The quantitative estimate of drug-likeness (QED) is 0.344. The molecule has 0 aliphatic carbocycles. The summed E-state index contributed by atoms with van der Waals surface area (Å²) in [6, 6.07) is 0. The highest BCUT2D eigenvalue weighted by Gasteiger charge is 2.05. The molecule has 0 rings (SSSR count). The van der Waals surface area contributed by atoms with E-state index in [2.05, 4.69) is 41.4 Å². The zero-order chi connectivity index (χ0) is 15.2. The molecule has 5 nitrogen and oxygen atoms in total. The van der Waals surface area contributed by atoms with Gasteiger partial charge in [0, 0.05) is 46.9 Å². The van der Waals surface area contributed by atoms with Gasteiger partial charge in [-0.05, 0) is 19.4 Å². The minimum atomic E-state index is 0.727. The van der Waals surface area contributed by atoms with Crippen LogP contribution in [0.1, 0.15) is 33.1 Å². The molecule has 120 valence electrons. The van der Waals surface area contributed by atoms with Gasteiger partial charge in [0.15, 0.2) is 5.96 Å². The molecule has 0 fully saturated rings. The van der Waals surface area contributed by atoms with Crippen molar-refractivity contribution >= 4 is 5.96 Å². The third-order valence-corrected chi connectivity index (χ3v) is 3.61. The number of hydrogen-bond acceptors (Lipinski definition) is 3. The lowest BCUT2D eigenvalue weighted by atomic mass is 10.0. The molecular weight excluding hydrogens is 252 g/mol. The molecule has 5 heteroatoms. The minimum absolute atomic E-state index is 0.727. The Morgan fingerprint density at radius 1 is 1.20 bits per heavy atom. The van der Waals surface area contributed by atoms with E-state index in [4.69, 9.17) is 4.74 Å². The first-order valence-corrected chi connectivity index (χ1v) is 7.79. The van der Waals surface area contributed by atoms with Gasteiger partial charge in [0.05, 0.1) is 0 Å². The Bertz CT molecular complexity index is 242. The standard InChI is InChI=1S/C15H34N4O/c1-6-14(7-2)13-18-15(16-3)17-9-11-19(4)10-8-12-20-5/h14H,6-13H2,1-5H3,(H2,16,17,18). The Balaban J connectivity index is 3.74. The van der Waals surface area contributed by atoms with Crippen LogP contribution < -0.4 is 10.6 Å². The van der Waals surface area contributed by atoms with Gasteiger partial charge < -0.3 is 20.3 Å². The molecule has 0 saturated heterocycles. The Morgan fingerprint density at radius 2 is 1.90 bits per heavy atom. The van der Waals surface area contributed by atoms with E-state index in [0.717, 1.165) is 51.1 Å². The third-order valence-electron chi connectivity index (χ3n) is 3.61. The number of hydrogen-bond donors (Lipinski definition) is 2. The minimum Gasteiger partial charge on any atom is -0.385 e. The van der Waals surface area contributed by atoms with Crippen molar-refractivity contribution in [1.82, 2.24) is 15.5 Å². The molecule has 0 saturated carbocycles. The second-order valence-corrected chi connectivity index (χ2v) is 5.21. The van der Waals surface area contributed by atoms with E-state index in [-0.39, 0.29) is 0 Å². The summed E-state index contributed by atoms with van der Waals surface area (Å²) in [6.07, 6.45) is 3.50. The van der Waals surface area contributed by atoms with Crippen molar-refractivity contribution in [3.05, 3.63) is 0 Å². The van der Waals surface area contributed by atoms with Crippen molar-refractivity contribution < 1.29 is 4.74 Å². The maximum absolute atomic E-state index is 5.06. The first-order chi connectivity index (χ1) is 9.67. The van der Waals surface area contributed by atoms with E-state index in [9.17, 15) is 0 Å². The second kappa shape index (κ2) is 13.2. The van der Waals surface area contributed by atoms with Gasteiger partial charge in [-0.2, -0.15) is 0 Å². The Kier molecular flexibility index (Phi) is 12.7. The molecule has 0 unspecified atom stereocenters. The summed E-state index contributed by atoms with van der Waals surface area (Å²) in [5.41, 5.74) is 0. The zero-order valence-corrected chi connectivity index (χ0v) is 14.0. The number of nitrogens with one attached hydrogen (secondary N) is 2. The van der Waals surface area contributed by atoms with Crippen molar-refractivity contribution in [2.75, 3.05) is 54.0 Å². The van der Waals surface area contributed by atoms with Crippen molar-refractivity contribution in [2.24, 2.45) is 10.9 Å². The van der Waals surface area contributed by atoms with E-state index in [0.29, 0.717) is 0 Å². The molecule has 20 heavy (non-hydrogen) atoms. The lowest BCUT2D eigenvalue weighted by molar-refractivity contribution is 0.180. The molecule has 0 radical (unpaired) electrons. The van der Waals surface area contributed by atoms with Crippen LogP contribution in [0.4, 0.5) is 0 Å². The largest absolute Gasteiger partial charge is 0.385 e. The molecule has 2 N–H and O–H groups in total. The highest BCUT2D eigenvalue weighted by molar-refractivity contribution is 5.79. The number of ether oxygens (including phenoxy) is 1. The molecule has 0 aromatic carbocycles. The van der Waals surface area contributed by atoms with Crippen LogP contribution >= 0.6 is 0 Å². The molecule has 0 aliphatic heterocycles. The topological polar surface area (TPSA) is 48.9 Å². The van der Waals surface area contributed by atoms with Gasteiger partial charge in [0.1, 0.15) is 0 Å². The number of methoxy groups -OCH3 is 1. The van der Waals surface area contributed by atoms with Gasteiger partial charge in [-0.15, -0.1) is 0 Å². The number of aliphatic imine (C=N–C) groups is 1. The summed E-state index contributed by atoms with van der Waals surface area (Å²) in [5.74, 6) is 1.63. The normalized spacial score (nSPS) is 12.2. The summed E-state index contributed by atoms with van der Waals surface area (Å²) in [5, 5.41) is 6.76. The first kappa shape index (κ1) is 19.2. The summed E-state index contributed by atoms with van der Waals surface area (Å²) in [6.45, 7) is 9.28. The van der Waals surface area contributed by atoms with E-state index in [1.165, 1.54) is 12.8 Å². The molecule has 0 aliphatic rings. The second-order valence-electron chi connectivity index (χ2n) is 5.21. The van der Waals surface area contributed by atoms with E-state index in [1.54, 1.807) is 7.11 Å². The van der Waals surface area contributed by atoms with Gasteiger partial charge in [0.2, 0.25) is 0 Å². The maximum Gasteiger partial charge on any atom is 0.191 e.